The second-order valence-electron chi connectivity index (χ2n) is 5.35. The minimum Gasteiger partial charge on any atom is -0.497 e. The average Bonchev–Trinajstić information content (AvgIpc) is 2.84. The molecule has 0 aliphatic carbocycles. The molecule has 0 amide bonds. The maximum Gasteiger partial charge on any atom is 0.125 e. The molecule has 0 aliphatic rings. The largest absolute Gasteiger partial charge is 0.497 e. The Bertz CT molecular complexity index is 828. The number of rotatable bonds is 4. The van der Waals surface area contributed by atoms with Gasteiger partial charge in [-0.1, -0.05) is 30.3 Å². The molecule has 23 heavy (non-hydrogen) atoms. The summed E-state index contributed by atoms with van der Waals surface area (Å²) >= 11 is 3.59. The highest BCUT2D eigenvalue weighted by atomic mass is 79.9. The van der Waals surface area contributed by atoms with E-state index in [2.05, 4.69) is 28.1 Å². The summed E-state index contributed by atoms with van der Waals surface area (Å²) in [6.45, 7) is 2.65. The molecule has 0 saturated carbocycles. The second-order valence-corrected chi connectivity index (χ2v) is 6.20. The van der Waals surface area contributed by atoms with Gasteiger partial charge in [-0.05, 0) is 46.6 Å². The van der Waals surface area contributed by atoms with Crippen LogP contribution >= 0.6 is 15.9 Å². The van der Waals surface area contributed by atoms with Crippen molar-refractivity contribution >= 4 is 21.7 Å². The fourth-order valence-electron chi connectivity index (χ4n) is 2.51. The van der Waals surface area contributed by atoms with E-state index in [0.717, 1.165) is 27.0 Å². The van der Waals surface area contributed by atoms with E-state index in [1.807, 2.05) is 48.0 Å². The summed E-state index contributed by atoms with van der Waals surface area (Å²) in [5.74, 6) is 1.49. The molecule has 2 N–H and O–H groups in total. The molecule has 1 heterocycles. The molecule has 0 aliphatic heterocycles. The SMILES string of the molecule is COc1ccc(-c2nn(Cc3ccccc3)c(N)c2C)c(Br)c1. The smallest absolute Gasteiger partial charge is 0.125 e. The number of hydrogen-bond acceptors (Lipinski definition) is 3. The zero-order valence-electron chi connectivity index (χ0n) is 13.1. The minimum absolute atomic E-state index is 0.654. The Morgan fingerprint density at radius 3 is 2.57 bits per heavy atom. The monoisotopic (exact) mass is 371 g/mol. The molecule has 118 valence electrons. The van der Waals surface area contributed by atoms with Gasteiger partial charge in [-0.25, -0.2) is 4.68 Å². The fraction of sp³-hybridized carbons (Fsp3) is 0.167. The van der Waals surface area contributed by atoms with Gasteiger partial charge in [-0.2, -0.15) is 5.10 Å². The minimum atomic E-state index is 0.654. The number of halogens is 1. The van der Waals surface area contributed by atoms with Crippen molar-refractivity contribution in [1.82, 2.24) is 9.78 Å². The van der Waals surface area contributed by atoms with Gasteiger partial charge in [-0.3, -0.25) is 0 Å². The predicted molar refractivity (Wildman–Crippen MR) is 96.6 cm³/mol. The van der Waals surface area contributed by atoms with Crippen LogP contribution in [0.5, 0.6) is 5.75 Å². The summed E-state index contributed by atoms with van der Waals surface area (Å²) < 4.78 is 8.02. The van der Waals surface area contributed by atoms with E-state index in [4.69, 9.17) is 15.6 Å². The molecule has 0 saturated heterocycles. The standard InChI is InChI=1S/C18H18BrN3O/c1-12-17(15-9-8-14(23-2)10-16(15)19)21-22(18(12)20)11-13-6-4-3-5-7-13/h3-10H,11,20H2,1-2H3. The van der Waals surface area contributed by atoms with Crippen molar-refractivity contribution in [2.75, 3.05) is 12.8 Å². The molecule has 0 atom stereocenters. The normalized spacial score (nSPS) is 10.7. The van der Waals surface area contributed by atoms with Gasteiger partial charge in [0.2, 0.25) is 0 Å². The first-order valence-corrected chi connectivity index (χ1v) is 8.10. The lowest BCUT2D eigenvalue weighted by molar-refractivity contribution is 0.414. The van der Waals surface area contributed by atoms with Crippen LogP contribution in [-0.2, 0) is 6.54 Å². The number of methoxy groups -OCH3 is 1. The molecule has 5 heteroatoms. The van der Waals surface area contributed by atoms with Gasteiger partial charge in [0, 0.05) is 15.6 Å². The van der Waals surface area contributed by atoms with Crippen LogP contribution in [0.2, 0.25) is 0 Å². The van der Waals surface area contributed by atoms with Crippen molar-refractivity contribution in [2.24, 2.45) is 0 Å². The van der Waals surface area contributed by atoms with Crippen molar-refractivity contribution in [1.29, 1.82) is 0 Å². The van der Waals surface area contributed by atoms with E-state index in [0.29, 0.717) is 12.4 Å². The van der Waals surface area contributed by atoms with Crippen LogP contribution in [0.1, 0.15) is 11.1 Å². The van der Waals surface area contributed by atoms with Crippen LogP contribution in [-0.4, -0.2) is 16.9 Å². The van der Waals surface area contributed by atoms with Crippen molar-refractivity contribution < 1.29 is 4.74 Å². The third kappa shape index (κ3) is 3.10. The number of anilines is 1. The zero-order chi connectivity index (χ0) is 16.4. The lowest BCUT2D eigenvalue weighted by atomic mass is 10.1. The second kappa shape index (κ2) is 6.46. The first kappa shape index (κ1) is 15.6. The molecular formula is C18H18BrN3O. The number of nitrogens with zero attached hydrogens (tertiary/aromatic N) is 2. The predicted octanol–water partition coefficient (Wildman–Crippen LogP) is 4.26. The molecule has 1 aromatic heterocycles. The van der Waals surface area contributed by atoms with E-state index in [-0.39, 0.29) is 0 Å². The van der Waals surface area contributed by atoms with Gasteiger partial charge in [0.05, 0.1) is 19.3 Å². The van der Waals surface area contributed by atoms with Crippen LogP contribution in [0.3, 0.4) is 0 Å². The summed E-state index contributed by atoms with van der Waals surface area (Å²) in [6.07, 6.45) is 0. The number of benzene rings is 2. The molecule has 0 bridgehead atoms. The Morgan fingerprint density at radius 1 is 1.17 bits per heavy atom. The Morgan fingerprint density at radius 2 is 1.91 bits per heavy atom. The van der Waals surface area contributed by atoms with Gasteiger partial charge in [-0.15, -0.1) is 0 Å². The summed E-state index contributed by atoms with van der Waals surface area (Å²) in [4.78, 5) is 0. The summed E-state index contributed by atoms with van der Waals surface area (Å²) in [5.41, 5.74) is 10.3. The van der Waals surface area contributed by atoms with E-state index in [1.54, 1.807) is 7.11 Å². The van der Waals surface area contributed by atoms with Crippen LogP contribution in [0.4, 0.5) is 5.82 Å². The number of nitrogens with two attached hydrogens (primary N) is 1. The van der Waals surface area contributed by atoms with Gasteiger partial charge in [0.25, 0.3) is 0 Å². The first-order chi connectivity index (χ1) is 11.1. The lowest BCUT2D eigenvalue weighted by Crippen LogP contribution is -2.06. The summed E-state index contributed by atoms with van der Waals surface area (Å²) in [7, 11) is 1.65. The molecule has 4 nitrogen and oxygen atoms in total. The van der Waals surface area contributed by atoms with E-state index in [9.17, 15) is 0 Å². The van der Waals surface area contributed by atoms with Crippen LogP contribution in [0, 0.1) is 6.92 Å². The van der Waals surface area contributed by atoms with E-state index >= 15 is 0 Å². The molecule has 0 radical (unpaired) electrons. The van der Waals surface area contributed by atoms with Crippen molar-refractivity contribution in [2.45, 2.75) is 13.5 Å². The van der Waals surface area contributed by atoms with Gasteiger partial charge in [0.1, 0.15) is 11.6 Å². The van der Waals surface area contributed by atoms with Crippen molar-refractivity contribution in [3.63, 3.8) is 0 Å². The Hall–Kier alpha value is -2.27. The Labute approximate surface area is 144 Å². The molecule has 0 unspecified atom stereocenters. The number of nitrogen functional groups attached to an aromatic ring is 1. The highest BCUT2D eigenvalue weighted by Gasteiger charge is 2.16. The van der Waals surface area contributed by atoms with Crippen molar-refractivity contribution in [3.8, 4) is 17.0 Å². The van der Waals surface area contributed by atoms with Gasteiger partial charge in [0.15, 0.2) is 0 Å². The maximum atomic E-state index is 6.26. The Kier molecular flexibility index (Phi) is 4.39. The number of ether oxygens (including phenoxy) is 1. The van der Waals surface area contributed by atoms with E-state index in [1.165, 1.54) is 5.56 Å². The molecule has 3 rings (SSSR count). The van der Waals surface area contributed by atoms with Gasteiger partial charge >= 0.3 is 0 Å². The van der Waals surface area contributed by atoms with Crippen LogP contribution in [0.25, 0.3) is 11.3 Å². The highest BCUT2D eigenvalue weighted by molar-refractivity contribution is 9.10. The first-order valence-electron chi connectivity index (χ1n) is 7.31. The van der Waals surface area contributed by atoms with E-state index < -0.39 is 0 Å². The zero-order valence-corrected chi connectivity index (χ0v) is 14.7. The van der Waals surface area contributed by atoms with Crippen LogP contribution in [0.15, 0.2) is 53.0 Å². The molecule has 0 spiro atoms. The molecular weight excluding hydrogens is 354 g/mol. The third-order valence-corrected chi connectivity index (χ3v) is 4.50. The lowest BCUT2D eigenvalue weighted by Gasteiger charge is -2.05. The topological polar surface area (TPSA) is 53.1 Å². The number of hydrogen-bond donors (Lipinski definition) is 1. The summed E-state index contributed by atoms with van der Waals surface area (Å²) in [5, 5.41) is 4.71. The fourth-order valence-corrected chi connectivity index (χ4v) is 3.06. The third-order valence-electron chi connectivity index (χ3n) is 3.84. The summed E-state index contributed by atoms with van der Waals surface area (Å²) in [6, 6.07) is 16.0. The quantitative estimate of drug-likeness (QED) is 0.745. The molecule has 2 aromatic carbocycles. The Balaban J connectivity index is 2.00. The van der Waals surface area contributed by atoms with Crippen molar-refractivity contribution in [3.05, 3.63) is 64.1 Å². The van der Waals surface area contributed by atoms with Crippen LogP contribution < -0.4 is 10.5 Å². The maximum absolute atomic E-state index is 6.26. The van der Waals surface area contributed by atoms with Gasteiger partial charge < -0.3 is 10.5 Å². The highest BCUT2D eigenvalue weighted by Crippen LogP contribution is 2.34. The number of aromatic nitrogens is 2. The molecule has 3 aromatic rings. The molecule has 0 fully saturated rings. The average molecular weight is 372 g/mol.